The van der Waals surface area contributed by atoms with Crippen LogP contribution in [-0.2, 0) is 6.54 Å². The number of halogens is 1. The lowest BCUT2D eigenvalue weighted by Crippen LogP contribution is -2.31. The number of benzene rings is 2. The third kappa shape index (κ3) is 4.35. The second-order valence-electron chi connectivity index (χ2n) is 6.49. The lowest BCUT2D eigenvalue weighted by Gasteiger charge is -2.15. The van der Waals surface area contributed by atoms with Gasteiger partial charge < -0.3 is 11.1 Å². The number of carbonyl (C=O) groups excluding carboxylic acids is 3. The van der Waals surface area contributed by atoms with Gasteiger partial charge in [-0.25, -0.2) is 0 Å². The third-order valence-electron chi connectivity index (χ3n) is 4.42. The van der Waals surface area contributed by atoms with E-state index < -0.39 is 0 Å². The van der Waals surface area contributed by atoms with Gasteiger partial charge in [0.25, 0.3) is 17.7 Å². The van der Waals surface area contributed by atoms with Gasteiger partial charge in [0.1, 0.15) is 0 Å². The SMILES string of the molecule is CC(CN)CNC(=O)c1cccc(CN2C(=O)c3ccccc3C2=O)c1.Cl. The molecule has 2 aromatic rings. The lowest BCUT2D eigenvalue weighted by atomic mass is 10.1. The average molecular weight is 388 g/mol. The van der Waals surface area contributed by atoms with Crippen LogP contribution in [0.4, 0.5) is 0 Å². The van der Waals surface area contributed by atoms with Crippen molar-refractivity contribution >= 4 is 30.1 Å². The Kier molecular flexibility index (Phi) is 6.71. The van der Waals surface area contributed by atoms with Gasteiger partial charge in [-0.1, -0.05) is 31.2 Å². The highest BCUT2D eigenvalue weighted by Gasteiger charge is 2.34. The Morgan fingerprint density at radius 1 is 1.07 bits per heavy atom. The van der Waals surface area contributed by atoms with Crippen LogP contribution in [0.3, 0.4) is 0 Å². The summed E-state index contributed by atoms with van der Waals surface area (Å²) < 4.78 is 0. The minimum Gasteiger partial charge on any atom is -0.352 e. The van der Waals surface area contributed by atoms with Crippen LogP contribution in [0.25, 0.3) is 0 Å². The number of hydrogen-bond donors (Lipinski definition) is 2. The predicted octanol–water partition coefficient (Wildman–Crippen LogP) is 2.23. The van der Waals surface area contributed by atoms with E-state index in [1.165, 1.54) is 4.90 Å². The van der Waals surface area contributed by atoms with Crippen molar-refractivity contribution in [3.05, 3.63) is 70.8 Å². The monoisotopic (exact) mass is 387 g/mol. The summed E-state index contributed by atoms with van der Waals surface area (Å²) in [6, 6.07) is 13.7. The molecule has 3 N–H and O–H groups in total. The Morgan fingerprint density at radius 2 is 1.70 bits per heavy atom. The van der Waals surface area contributed by atoms with E-state index in [4.69, 9.17) is 5.73 Å². The Bertz CT molecular complexity index is 834. The highest BCUT2D eigenvalue weighted by Crippen LogP contribution is 2.24. The summed E-state index contributed by atoms with van der Waals surface area (Å²) >= 11 is 0. The first kappa shape index (κ1) is 20.6. The van der Waals surface area contributed by atoms with E-state index in [2.05, 4.69) is 5.32 Å². The maximum atomic E-state index is 12.5. The van der Waals surface area contributed by atoms with Gasteiger partial charge in [-0.3, -0.25) is 19.3 Å². The van der Waals surface area contributed by atoms with Gasteiger partial charge in [-0.05, 0) is 42.3 Å². The first-order valence-electron chi connectivity index (χ1n) is 8.53. The molecule has 0 saturated carbocycles. The number of hydrogen-bond acceptors (Lipinski definition) is 4. The summed E-state index contributed by atoms with van der Waals surface area (Å²) in [4.78, 5) is 38.4. The number of nitrogens with two attached hydrogens (primary N) is 1. The number of nitrogens with zero attached hydrogens (tertiary/aromatic N) is 1. The molecule has 0 fully saturated rings. The molecule has 3 rings (SSSR count). The van der Waals surface area contributed by atoms with Crippen molar-refractivity contribution < 1.29 is 14.4 Å². The third-order valence-corrected chi connectivity index (χ3v) is 4.42. The zero-order valence-corrected chi connectivity index (χ0v) is 15.8. The number of imide groups is 1. The van der Waals surface area contributed by atoms with Crippen molar-refractivity contribution in [3.8, 4) is 0 Å². The maximum Gasteiger partial charge on any atom is 0.261 e. The zero-order chi connectivity index (χ0) is 18.7. The van der Waals surface area contributed by atoms with Crippen LogP contribution in [-0.4, -0.2) is 35.7 Å². The molecule has 0 aromatic heterocycles. The Morgan fingerprint density at radius 3 is 2.30 bits per heavy atom. The largest absolute Gasteiger partial charge is 0.352 e. The molecule has 1 unspecified atom stereocenters. The molecule has 1 aliphatic rings. The molecule has 0 saturated heterocycles. The number of carbonyl (C=O) groups is 3. The molecule has 3 amide bonds. The molecule has 0 spiro atoms. The van der Waals surface area contributed by atoms with Gasteiger partial charge in [0.2, 0.25) is 0 Å². The van der Waals surface area contributed by atoms with Crippen LogP contribution < -0.4 is 11.1 Å². The van der Waals surface area contributed by atoms with E-state index in [1.54, 1.807) is 48.5 Å². The van der Waals surface area contributed by atoms with E-state index in [-0.39, 0.29) is 42.6 Å². The van der Waals surface area contributed by atoms with E-state index in [9.17, 15) is 14.4 Å². The smallest absolute Gasteiger partial charge is 0.261 e. The minimum atomic E-state index is -0.308. The Labute approximate surface area is 164 Å². The van der Waals surface area contributed by atoms with Gasteiger partial charge in [0.05, 0.1) is 17.7 Å². The maximum absolute atomic E-state index is 12.5. The topological polar surface area (TPSA) is 92.5 Å². The predicted molar refractivity (Wildman–Crippen MR) is 105 cm³/mol. The second-order valence-corrected chi connectivity index (χ2v) is 6.49. The number of fused-ring (bicyclic) bond motifs is 1. The summed E-state index contributed by atoms with van der Waals surface area (Å²) in [7, 11) is 0. The highest BCUT2D eigenvalue weighted by molar-refractivity contribution is 6.21. The summed E-state index contributed by atoms with van der Waals surface area (Å²) in [6.07, 6.45) is 0. The second kappa shape index (κ2) is 8.79. The van der Waals surface area contributed by atoms with Crippen molar-refractivity contribution in [2.45, 2.75) is 13.5 Å². The number of rotatable bonds is 6. The summed E-state index contributed by atoms with van der Waals surface area (Å²) in [5, 5.41) is 2.84. The molecule has 0 bridgehead atoms. The fourth-order valence-electron chi connectivity index (χ4n) is 2.83. The summed E-state index contributed by atoms with van der Waals surface area (Å²) in [5.41, 5.74) is 7.60. The molecule has 1 aliphatic heterocycles. The van der Waals surface area contributed by atoms with Crippen LogP contribution in [0.1, 0.15) is 43.6 Å². The van der Waals surface area contributed by atoms with E-state index >= 15 is 0 Å². The molecule has 1 heterocycles. The van der Waals surface area contributed by atoms with Crippen LogP contribution in [0.5, 0.6) is 0 Å². The normalized spacial score (nSPS) is 13.8. The highest BCUT2D eigenvalue weighted by atomic mass is 35.5. The Balaban J connectivity index is 0.00000261. The zero-order valence-electron chi connectivity index (χ0n) is 15.0. The van der Waals surface area contributed by atoms with Gasteiger partial charge >= 0.3 is 0 Å². The first-order chi connectivity index (χ1) is 12.5. The van der Waals surface area contributed by atoms with Crippen LogP contribution in [0, 0.1) is 5.92 Å². The van der Waals surface area contributed by atoms with Gasteiger partial charge in [0, 0.05) is 12.1 Å². The van der Waals surface area contributed by atoms with Gasteiger partial charge in [-0.2, -0.15) is 0 Å². The molecule has 7 heteroatoms. The molecule has 6 nitrogen and oxygen atoms in total. The molecule has 27 heavy (non-hydrogen) atoms. The quantitative estimate of drug-likeness (QED) is 0.743. The van der Waals surface area contributed by atoms with E-state index in [0.717, 1.165) is 5.56 Å². The fraction of sp³-hybridized carbons (Fsp3) is 0.250. The van der Waals surface area contributed by atoms with Crippen molar-refractivity contribution in [2.24, 2.45) is 11.7 Å². The summed E-state index contributed by atoms with van der Waals surface area (Å²) in [5.74, 6) is -0.621. The van der Waals surface area contributed by atoms with E-state index in [1.807, 2.05) is 6.92 Å². The molecule has 1 atom stereocenters. The van der Waals surface area contributed by atoms with E-state index in [0.29, 0.717) is 29.8 Å². The van der Waals surface area contributed by atoms with Gasteiger partial charge in [0.15, 0.2) is 0 Å². The number of nitrogens with one attached hydrogen (secondary N) is 1. The van der Waals surface area contributed by atoms with Gasteiger partial charge in [-0.15, -0.1) is 12.4 Å². The lowest BCUT2D eigenvalue weighted by molar-refractivity contribution is 0.0642. The molecular weight excluding hydrogens is 366 g/mol. The molecule has 142 valence electrons. The Hall–Kier alpha value is -2.70. The van der Waals surface area contributed by atoms with Crippen molar-refractivity contribution in [1.29, 1.82) is 0 Å². The fourth-order valence-corrected chi connectivity index (χ4v) is 2.83. The van der Waals surface area contributed by atoms with Crippen LogP contribution in [0.15, 0.2) is 48.5 Å². The molecule has 2 aromatic carbocycles. The standard InChI is InChI=1S/C20H21N3O3.ClH/c1-13(10-21)11-22-18(24)15-6-4-5-14(9-15)12-23-19(25)16-7-2-3-8-17(16)20(23)26;/h2-9,13H,10-12,21H2,1H3,(H,22,24);1H. The summed E-state index contributed by atoms with van der Waals surface area (Å²) in [6.45, 7) is 3.09. The van der Waals surface area contributed by atoms with Crippen molar-refractivity contribution in [2.75, 3.05) is 13.1 Å². The van der Waals surface area contributed by atoms with Crippen molar-refractivity contribution in [3.63, 3.8) is 0 Å². The van der Waals surface area contributed by atoms with Crippen LogP contribution in [0.2, 0.25) is 0 Å². The molecule has 0 aliphatic carbocycles. The van der Waals surface area contributed by atoms with Crippen molar-refractivity contribution in [1.82, 2.24) is 10.2 Å². The minimum absolute atomic E-state index is 0. The molecule has 0 radical (unpaired) electrons. The van der Waals surface area contributed by atoms with Crippen LogP contribution >= 0.6 is 12.4 Å². The number of amides is 3. The molecular formula is C20H22ClN3O3. The average Bonchev–Trinajstić information content (AvgIpc) is 2.91. The first-order valence-corrected chi connectivity index (χ1v) is 8.53.